The van der Waals surface area contributed by atoms with E-state index in [1.165, 1.54) is 0 Å². The summed E-state index contributed by atoms with van der Waals surface area (Å²) in [6.45, 7) is -0.0200. The summed E-state index contributed by atoms with van der Waals surface area (Å²) in [4.78, 5) is 4.13. The average molecular weight is 238 g/mol. The molecule has 0 spiro atoms. The Bertz CT molecular complexity index is 442. The first-order valence-corrected chi connectivity index (χ1v) is 4.75. The number of fused-ring (bicyclic) bond motifs is 1. The van der Waals surface area contributed by atoms with Crippen LogP contribution in [0.4, 0.5) is 0 Å². The zero-order valence-electron chi connectivity index (χ0n) is 6.87. The van der Waals surface area contributed by atoms with E-state index < -0.39 is 0 Å². The van der Waals surface area contributed by atoms with Crippen LogP contribution in [0.25, 0.3) is 10.8 Å². The number of rotatable bonds is 1. The summed E-state index contributed by atoms with van der Waals surface area (Å²) >= 11 is 3.42. The lowest BCUT2D eigenvalue weighted by Gasteiger charge is -2.03. The van der Waals surface area contributed by atoms with Crippen molar-refractivity contribution in [3.63, 3.8) is 0 Å². The molecule has 0 saturated heterocycles. The molecule has 0 aliphatic heterocycles. The fourth-order valence-electron chi connectivity index (χ4n) is 1.34. The van der Waals surface area contributed by atoms with Crippen LogP contribution in [0, 0.1) is 0 Å². The van der Waals surface area contributed by atoms with Crippen molar-refractivity contribution in [2.45, 2.75) is 6.61 Å². The summed E-state index contributed by atoms with van der Waals surface area (Å²) in [5, 5.41) is 11.1. The summed E-state index contributed by atoms with van der Waals surface area (Å²) in [6, 6.07) is 7.86. The molecular weight excluding hydrogens is 230 g/mol. The van der Waals surface area contributed by atoms with Crippen LogP contribution in [0.1, 0.15) is 5.69 Å². The number of aliphatic hydroxyl groups is 1. The molecule has 0 aliphatic rings. The Morgan fingerprint density at radius 1 is 1.23 bits per heavy atom. The topological polar surface area (TPSA) is 33.1 Å². The van der Waals surface area contributed by atoms with Crippen LogP contribution in [0.2, 0.25) is 0 Å². The van der Waals surface area contributed by atoms with Crippen LogP contribution < -0.4 is 0 Å². The fourth-order valence-corrected chi connectivity index (χ4v) is 1.79. The van der Waals surface area contributed by atoms with Crippen molar-refractivity contribution >= 4 is 26.7 Å². The molecule has 1 N–H and O–H groups in total. The van der Waals surface area contributed by atoms with E-state index in [1.54, 1.807) is 6.20 Å². The van der Waals surface area contributed by atoms with Gasteiger partial charge in [0.05, 0.1) is 12.3 Å². The molecule has 3 heteroatoms. The second-order valence-corrected chi connectivity index (χ2v) is 3.61. The number of benzene rings is 1. The van der Waals surface area contributed by atoms with E-state index in [-0.39, 0.29) is 6.61 Å². The van der Waals surface area contributed by atoms with Crippen molar-refractivity contribution in [3.8, 4) is 0 Å². The molecule has 0 aliphatic carbocycles. The molecule has 0 atom stereocenters. The van der Waals surface area contributed by atoms with Crippen molar-refractivity contribution in [2.24, 2.45) is 0 Å². The van der Waals surface area contributed by atoms with E-state index in [0.717, 1.165) is 20.9 Å². The van der Waals surface area contributed by atoms with Crippen LogP contribution in [-0.4, -0.2) is 10.1 Å². The lowest BCUT2D eigenvalue weighted by atomic mass is 10.1. The first kappa shape index (κ1) is 8.66. The molecule has 2 rings (SSSR count). The van der Waals surface area contributed by atoms with Crippen molar-refractivity contribution in [2.75, 3.05) is 0 Å². The van der Waals surface area contributed by atoms with Crippen LogP contribution in [0.5, 0.6) is 0 Å². The molecular formula is C10H8BrNO. The Kier molecular flexibility index (Phi) is 2.29. The highest BCUT2D eigenvalue weighted by Crippen LogP contribution is 2.24. The predicted molar refractivity (Wildman–Crippen MR) is 55.4 cm³/mol. The largest absolute Gasteiger partial charge is 0.390 e. The van der Waals surface area contributed by atoms with Gasteiger partial charge in [-0.2, -0.15) is 0 Å². The van der Waals surface area contributed by atoms with E-state index in [2.05, 4.69) is 20.9 Å². The minimum Gasteiger partial charge on any atom is -0.390 e. The number of hydrogen-bond donors (Lipinski definition) is 1. The van der Waals surface area contributed by atoms with Gasteiger partial charge in [-0.15, -0.1) is 0 Å². The van der Waals surface area contributed by atoms with Gasteiger partial charge in [-0.25, -0.2) is 0 Å². The lowest BCUT2D eigenvalue weighted by molar-refractivity contribution is 0.278. The lowest BCUT2D eigenvalue weighted by Crippen LogP contribution is -1.90. The standard InChI is InChI=1S/C10H8BrNO/c11-9-5-12-10(6-13)8-4-2-1-3-7(8)9/h1-5,13H,6H2. The van der Waals surface area contributed by atoms with Gasteiger partial charge in [-0.05, 0) is 21.3 Å². The highest BCUT2D eigenvalue weighted by molar-refractivity contribution is 9.10. The Morgan fingerprint density at radius 2 is 1.92 bits per heavy atom. The van der Waals surface area contributed by atoms with Gasteiger partial charge in [0.15, 0.2) is 0 Å². The zero-order chi connectivity index (χ0) is 9.26. The molecule has 0 bridgehead atoms. The van der Waals surface area contributed by atoms with Gasteiger partial charge >= 0.3 is 0 Å². The van der Waals surface area contributed by atoms with Crippen LogP contribution in [-0.2, 0) is 6.61 Å². The van der Waals surface area contributed by atoms with Gasteiger partial charge in [-0.3, -0.25) is 4.98 Å². The van der Waals surface area contributed by atoms with Crippen LogP contribution in [0.3, 0.4) is 0 Å². The Hall–Kier alpha value is -0.930. The van der Waals surface area contributed by atoms with E-state index in [9.17, 15) is 0 Å². The molecule has 0 fully saturated rings. The van der Waals surface area contributed by atoms with Gasteiger partial charge in [0.1, 0.15) is 0 Å². The minimum atomic E-state index is -0.0200. The maximum Gasteiger partial charge on any atom is 0.0859 e. The van der Waals surface area contributed by atoms with Gasteiger partial charge in [0, 0.05) is 16.1 Å². The Morgan fingerprint density at radius 3 is 2.62 bits per heavy atom. The number of pyridine rings is 1. The first-order chi connectivity index (χ1) is 6.33. The number of hydrogen-bond acceptors (Lipinski definition) is 2. The third-order valence-corrected chi connectivity index (χ3v) is 2.61. The quantitative estimate of drug-likeness (QED) is 0.827. The van der Waals surface area contributed by atoms with Crippen LogP contribution in [0.15, 0.2) is 34.9 Å². The van der Waals surface area contributed by atoms with Crippen molar-refractivity contribution in [1.29, 1.82) is 0 Å². The number of halogens is 1. The zero-order valence-corrected chi connectivity index (χ0v) is 8.45. The SMILES string of the molecule is OCc1ncc(Br)c2ccccc12. The van der Waals surface area contributed by atoms with Crippen molar-refractivity contribution in [3.05, 3.63) is 40.6 Å². The summed E-state index contributed by atoms with van der Waals surface area (Å²) in [5.74, 6) is 0. The summed E-state index contributed by atoms with van der Waals surface area (Å²) in [5.41, 5.74) is 0.721. The molecule has 2 nitrogen and oxygen atoms in total. The molecule has 1 aromatic carbocycles. The minimum absolute atomic E-state index is 0.0200. The normalized spacial score (nSPS) is 10.6. The highest BCUT2D eigenvalue weighted by Gasteiger charge is 2.03. The van der Waals surface area contributed by atoms with Gasteiger partial charge in [0.2, 0.25) is 0 Å². The van der Waals surface area contributed by atoms with E-state index >= 15 is 0 Å². The smallest absolute Gasteiger partial charge is 0.0859 e. The molecule has 2 aromatic rings. The van der Waals surface area contributed by atoms with Crippen molar-refractivity contribution < 1.29 is 5.11 Å². The third-order valence-electron chi connectivity index (χ3n) is 1.98. The number of nitrogens with zero attached hydrogens (tertiary/aromatic N) is 1. The summed E-state index contributed by atoms with van der Waals surface area (Å²) < 4.78 is 0.959. The number of aromatic nitrogens is 1. The molecule has 1 heterocycles. The maximum absolute atomic E-state index is 9.05. The fraction of sp³-hybridized carbons (Fsp3) is 0.100. The monoisotopic (exact) mass is 237 g/mol. The Labute approximate surface area is 84.4 Å². The van der Waals surface area contributed by atoms with Crippen LogP contribution >= 0.6 is 15.9 Å². The molecule has 13 heavy (non-hydrogen) atoms. The molecule has 0 amide bonds. The predicted octanol–water partition coefficient (Wildman–Crippen LogP) is 2.49. The molecule has 66 valence electrons. The number of aliphatic hydroxyl groups excluding tert-OH is 1. The second-order valence-electron chi connectivity index (χ2n) is 2.76. The molecule has 0 unspecified atom stereocenters. The molecule has 1 aromatic heterocycles. The van der Waals surface area contributed by atoms with Gasteiger partial charge in [0.25, 0.3) is 0 Å². The van der Waals surface area contributed by atoms with E-state index in [1.807, 2.05) is 24.3 Å². The summed E-state index contributed by atoms with van der Waals surface area (Å²) in [6.07, 6.45) is 1.72. The van der Waals surface area contributed by atoms with Gasteiger partial charge in [-0.1, -0.05) is 24.3 Å². The van der Waals surface area contributed by atoms with Crippen molar-refractivity contribution in [1.82, 2.24) is 4.98 Å². The first-order valence-electron chi connectivity index (χ1n) is 3.96. The second kappa shape index (κ2) is 3.44. The van der Waals surface area contributed by atoms with E-state index in [0.29, 0.717) is 0 Å². The van der Waals surface area contributed by atoms with E-state index in [4.69, 9.17) is 5.11 Å². The Balaban J connectivity index is 2.84. The molecule has 0 radical (unpaired) electrons. The van der Waals surface area contributed by atoms with Gasteiger partial charge < -0.3 is 5.11 Å². The maximum atomic E-state index is 9.05. The third kappa shape index (κ3) is 1.45. The molecule has 0 saturated carbocycles. The highest BCUT2D eigenvalue weighted by atomic mass is 79.9. The average Bonchev–Trinajstić information content (AvgIpc) is 2.19. The summed E-state index contributed by atoms with van der Waals surface area (Å²) in [7, 11) is 0.